The van der Waals surface area contributed by atoms with Crippen LogP contribution in [0.2, 0.25) is 0 Å². The summed E-state index contributed by atoms with van der Waals surface area (Å²) in [6.07, 6.45) is 5.35. The topological polar surface area (TPSA) is 66.5 Å². The Kier molecular flexibility index (Phi) is 3.93. The number of piperidine rings is 1. The van der Waals surface area contributed by atoms with Crippen LogP contribution in [0.5, 0.6) is 0 Å². The van der Waals surface area contributed by atoms with Crippen LogP contribution >= 0.6 is 0 Å². The second kappa shape index (κ2) is 5.05. The Balaban J connectivity index is 2.01. The molecule has 1 N–H and O–H groups in total. The fraction of sp³-hybridized carbons (Fsp3) is 0.923. The van der Waals surface area contributed by atoms with Gasteiger partial charge >= 0.3 is 0 Å². The van der Waals surface area contributed by atoms with Gasteiger partial charge in [-0.15, -0.1) is 0 Å². The normalized spacial score (nSPS) is 25.7. The number of sulfone groups is 1. The first kappa shape index (κ1) is 14.8. The van der Waals surface area contributed by atoms with Gasteiger partial charge in [-0.3, -0.25) is 4.79 Å². The average molecular weight is 288 g/mol. The third-order valence-electron chi connectivity index (χ3n) is 4.12. The van der Waals surface area contributed by atoms with Crippen LogP contribution in [0.25, 0.3) is 0 Å². The molecule has 110 valence electrons. The number of hydrogen-bond donors (Lipinski definition) is 1. The molecule has 1 saturated heterocycles. The van der Waals surface area contributed by atoms with Crippen LogP contribution in [-0.2, 0) is 14.6 Å². The average Bonchev–Trinajstić information content (AvgIpc) is 3.06. The molecule has 1 saturated carbocycles. The Labute approximate surface area is 115 Å². The van der Waals surface area contributed by atoms with Gasteiger partial charge in [-0.25, -0.2) is 8.42 Å². The monoisotopic (exact) mass is 288 g/mol. The molecule has 1 aliphatic heterocycles. The Morgan fingerprint density at radius 3 is 2.47 bits per heavy atom. The van der Waals surface area contributed by atoms with E-state index in [1.807, 2.05) is 0 Å². The van der Waals surface area contributed by atoms with Crippen LogP contribution in [0, 0.1) is 0 Å². The smallest absolute Gasteiger partial charge is 0.239 e. The van der Waals surface area contributed by atoms with Crippen LogP contribution in [0.4, 0.5) is 0 Å². The summed E-state index contributed by atoms with van der Waals surface area (Å²) >= 11 is 0. The van der Waals surface area contributed by atoms with E-state index in [1.54, 1.807) is 18.7 Å². The van der Waals surface area contributed by atoms with Crippen molar-refractivity contribution in [3.8, 4) is 0 Å². The van der Waals surface area contributed by atoms with E-state index in [-0.39, 0.29) is 18.5 Å². The summed E-state index contributed by atoms with van der Waals surface area (Å²) in [7, 11) is -3.17. The summed E-state index contributed by atoms with van der Waals surface area (Å²) < 4.78 is 22.6. The maximum Gasteiger partial charge on any atom is 0.239 e. The van der Waals surface area contributed by atoms with Crippen molar-refractivity contribution in [1.82, 2.24) is 10.2 Å². The number of hydrogen-bond acceptors (Lipinski definition) is 4. The summed E-state index contributed by atoms with van der Waals surface area (Å²) in [4.78, 5) is 14.1. The molecule has 1 atom stereocenters. The van der Waals surface area contributed by atoms with Crippen LogP contribution in [0.1, 0.15) is 39.5 Å². The van der Waals surface area contributed by atoms with Gasteiger partial charge in [-0.05, 0) is 39.5 Å². The van der Waals surface area contributed by atoms with E-state index in [2.05, 4.69) is 5.32 Å². The van der Waals surface area contributed by atoms with Gasteiger partial charge in [-0.1, -0.05) is 0 Å². The highest BCUT2D eigenvalue weighted by Gasteiger charge is 2.38. The number of rotatable bonds is 5. The number of likely N-dealkylation sites (tertiary alicyclic amines) is 1. The van der Waals surface area contributed by atoms with Gasteiger partial charge in [-0.2, -0.15) is 0 Å². The van der Waals surface area contributed by atoms with Crippen molar-refractivity contribution in [2.75, 3.05) is 19.3 Å². The zero-order chi connectivity index (χ0) is 14.3. The minimum Gasteiger partial charge on any atom is -0.340 e. The molecule has 0 spiro atoms. The Hall–Kier alpha value is -0.620. The van der Waals surface area contributed by atoms with E-state index in [0.717, 1.165) is 25.7 Å². The minimum atomic E-state index is -3.17. The molecular formula is C13H24N2O3S. The number of amides is 1. The Morgan fingerprint density at radius 1 is 1.32 bits per heavy atom. The van der Waals surface area contributed by atoms with Crippen LogP contribution in [0.15, 0.2) is 0 Å². The first-order chi connectivity index (χ1) is 8.71. The highest BCUT2D eigenvalue weighted by molar-refractivity contribution is 7.92. The van der Waals surface area contributed by atoms with Crippen molar-refractivity contribution < 1.29 is 13.2 Å². The molecule has 0 aromatic heterocycles. The van der Waals surface area contributed by atoms with Gasteiger partial charge in [0.1, 0.15) is 0 Å². The van der Waals surface area contributed by atoms with Crippen molar-refractivity contribution in [2.24, 2.45) is 0 Å². The molecule has 0 radical (unpaired) electrons. The van der Waals surface area contributed by atoms with E-state index < -0.39 is 14.6 Å². The molecule has 1 heterocycles. The molecule has 1 aliphatic carbocycles. The predicted molar refractivity (Wildman–Crippen MR) is 74.7 cm³/mol. The second-order valence-corrected chi connectivity index (χ2v) is 9.08. The summed E-state index contributed by atoms with van der Waals surface area (Å²) in [6.45, 7) is 4.33. The van der Waals surface area contributed by atoms with Gasteiger partial charge in [0, 0.05) is 25.4 Å². The lowest BCUT2D eigenvalue weighted by Gasteiger charge is -2.37. The number of carbonyl (C=O) groups excluding carboxylic acids is 1. The zero-order valence-electron chi connectivity index (χ0n) is 12.0. The fourth-order valence-electron chi connectivity index (χ4n) is 2.36. The summed E-state index contributed by atoms with van der Waals surface area (Å²) in [5.74, 6) is 0.0647. The fourth-order valence-corrected chi connectivity index (χ4v) is 2.75. The number of carbonyl (C=O) groups is 1. The highest BCUT2D eigenvalue weighted by Crippen LogP contribution is 2.24. The molecule has 0 bridgehead atoms. The van der Waals surface area contributed by atoms with Crippen molar-refractivity contribution in [3.05, 3.63) is 0 Å². The maximum atomic E-state index is 12.4. The van der Waals surface area contributed by atoms with Gasteiger partial charge in [0.2, 0.25) is 5.91 Å². The van der Waals surface area contributed by atoms with Gasteiger partial charge in [0.15, 0.2) is 9.84 Å². The molecule has 2 rings (SSSR count). The molecule has 1 unspecified atom stereocenters. The molecule has 5 nitrogen and oxygen atoms in total. The van der Waals surface area contributed by atoms with Crippen LogP contribution in [-0.4, -0.2) is 55.4 Å². The molecule has 0 aromatic carbocycles. The number of nitrogens with one attached hydrogen (secondary N) is 1. The van der Waals surface area contributed by atoms with Crippen molar-refractivity contribution in [3.63, 3.8) is 0 Å². The lowest BCUT2D eigenvalue weighted by atomic mass is 10.0. The lowest BCUT2D eigenvalue weighted by Crippen LogP contribution is -2.55. The van der Waals surface area contributed by atoms with E-state index >= 15 is 0 Å². The molecule has 0 aromatic rings. The van der Waals surface area contributed by atoms with E-state index in [4.69, 9.17) is 0 Å². The summed E-state index contributed by atoms with van der Waals surface area (Å²) in [5, 5.41) is 3.36. The van der Waals surface area contributed by atoms with E-state index in [0.29, 0.717) is 12.6 Å². The van der Waals surface area contributed by atoms with Gasteiger partial charge in [0.25, 0.3) is 0 Å². The van der Waals surface area contributed by atoms with Crippen LogP contribution in [0.3, 0.4) is 0 Å². The third kappa shape index (κ3) is 3.48. The molecule has 19 heavy (non-hydrogen) atoms. The zero-order valence-corrected chi connectivity index (χ0v) is 12.8. The molecular weight excluding hydrogens is 264 g/mol. The SMILES string of the molecule is CC(C)(CN1CCCC(NC2CC2)C1=O)S(C)(=O)=O. The first-order valence-electron chi connectivity index (χ1n) is 6.95. The summed E-state index contributed by atoms with van der Waals surface area (Å²) in [6, 6.07) is 0.383. The standard InChI is InChI=1S/C13H24N2O3S/c1-13(2,19(3,17)18)9-15-8-4-5-11(12(15)16)14-10-6-7-10/h10-11,14H,4-9H2,1-3H3. The van der Waals surface area contributed by atoms with Crippen molar-refractivity contribution in [2.45, 2.75) is 56.4 Å². The molecule has 2 fully saturated rings. The molecule has 1 amide bonds. The van der Waals surface area contributed by atoms with Crippen LogP contribution < -0.4 is 5.32 Å². The molecule has 6 heteroatoms. The predicted octanol–water partition coefficient (Wildman–Crippen LogP) is 0.553. The molecule has 2 aliphatic rings. The van der Waals surface area contributed by atoms with Crippen molar-refractivity contribution >= 4 is 15.7 Å². The maximum absolute atomic E-state index is 12.4. The summed E-state index contributed by atoms with van der Waals surface area (Å²) in [5.41, 5.74) is 0. The Bertz CT molecular complexity index is 455. The number of nitrogens with zero attached hydrogens (tertiary/aromatic N) is 1. The minimum absolute atomic E-state index is 0.0647. The van der Waals surface area contributed by atoms with Gasteiger partial charge in [0.05, 0.1) is 10.8 Å². The van der Waals surface area contributed by atoms with E-state index in [1.165, 1.54) is 6.26 Å². The van der Waals surface area contributed by atoms with Gasteiger partial charge < -0.3 is 10.2 Å². The highest BCUT2D eigenvalue weighted by atomic mass is 32.2. The quantitative estimate of drug-likeness (QED) is 0.802. The van der Waals surface area contributed by atoms with E-state index in [9.17, 15) is 13.2 Å². The lowest BCUT2D eigenvalue weighted by molar-refractivity contribution is -0.136. The first-order valence-corrected chi connectivity index (χ1v) is 8.84. The largest absolute Gasteiger partial charge is 0.340 e. The Morgan fingerprint density at radius 2 is 1.95 bits per heavy atom. The third-order valence-corrected chi connectivity index (χ3v) is 6.26. The van der Waals surface area contributed by atoms with Crippen molar-refractivity contribution in [1.29, 1.82) is 0 Å². The second-order valence-electron chi connectivity index (χ2n) is 6.43.